The molecule has 0 heterocycles. The summed E-state index contributed by atoms with van der Waals surface area (Å²) in [6, 6.07) is 10.8. The zero-order chi connectivity index (χ0) is 20.4. The van der Waals surface area contributed by atoms with Gasteiger partial charge in [0.25, 0.3) is 0 Å². The highest BCUT2D eigenvalue weighted by molar-refractivity contribution is 7.92. The molecule has 146 valence electrons. The number of carbonyl (C=O) groups excluding carboxylic acids is 1. The molecule has 0 aromatic heterocycles. The number of aryl methyl sites for hydroxylation is 2. The summed E-state index contributed by atoms with van der Waals surface area (Å²) in [5.41, 5.74) is 4.19. The Balaban J connectivity index is 2.24. The molecule has 0 saturated carbocycles. The highest BCUT2D eigenvalue weighted by Crippen LogP contribution is 2.28. The highest BCUT2D eigenvalue weighted by Gasteiger charge is 2.24. The second kappa shape index (κ2) is 8.31. The van der Waals surface area contributed by atoms with Crippen LogP contribution in [0.1, 0.15) is 35.2 Å². The van der Waals surface area contributed by atoms with E-state index in [0.717, 1.165) is 27.3 Å². The Labute approximate surface area is 166 Å². The first kappa shape index (κ1) is 21.3. The monoisotopic (exact) mass is 408 g/mol. The number of halogens is 1. The largest absolute Gasteiger partial charge is 0.348 e. The van der Waals surface area contributed by atoms with E-state index < -0.39 is 10.0 Å². The summed E-state index contributed by atoms with van der Waals surface area (Å²) in [5.74, 6) is -0.381. The number of rotatable bonds is 6. The first-order valence-corrected chi connectivity index (χ1v) is 10.8. The Morgan fingerprint density at radius 1 is 1.19 bits per heavy atom. The quantitative estimate of drug-likeness (QED) is 0.787. The lowest BCUT2D eigenvalue weighted by molar-refractivity contribution is -0.120. The molecular formula is C20H25ClN2O3S. The first-order valence-electron chi connectivity index (χ1n) is 8.60. The average molecular weight is 409 g/mol. The van der Waals surface area contributed by atoms with E-state index in [0.29, 0.717) is 16.3 Å². The van der Waals surface area contributed by atoms with Gasteiger partial charge in [-0.05, 0) is 56.5 Å². The molecule has 0 radical (unpaired) electrons. The molecule has 2 aromatic rings. The molecule has 0 bridgehead atoms. The lowest BCUT2D eigenvalue weighted by atomic mass is 10.00. The van der Waals surface area contributed by atoms with E-state index >= 15 is 0 Å². The van der Waals surface area contributed by atoms with Gasteiger partial charge in [-0.3, -0.25) is 9.10 Å². The van der Waals surface area contributed by atoms with E-state index in [1.54, 1.807) is 25.1 Å². The lowest BCUT2D eigenvalue weighted by Gasteiger charge is -2.25. The third-order valence-corrected chi connectivity index (χ3v) is 6.01. The number of sulfonamides is 1. The highest BCUT2D eigenvalue weighted by atomic mass is 35.5. The molecule has 0 fully saturated rings. The van der Waals surface area contributed by atoms with Gasteiger partial charge in [0.1, 0.15) is 6.54 Å². The maximum atomic E-state index is 12.6. The molecule has 0 spiro atoms. The van der Waals surface area contributed by atoms with Crippen molar-refractivity contribution in [2.24, 2.45) is 0 Å². The summed E-state index contributed by atoms with van der Waals surface area (Å²) in [7, 11) is -3.65. The van der Waals surface area contributed by atoms with Gasteiger partial charge in [-0.15, -0.1) is 0 Å². The molecule has 0 aliphatic rings. The molecule has 0 aliphatic heterocycles. The SMILES string of the molecule is Cc1ccc(C)c([C@@H](C)NC(=O)CN(c2cccc(Cl)c2C)S(C)(=O)=O)c1. The average Bonchev–Trinajstić information content (AvgIpc) is 2.56. The van der Waals surface area contributed by atoms with Crippen LogP contribution in [0.4, 0.5) is 5.69 Å². The van der Waals surface area contributed by atoms with Crippen LogP contribution in [0.3, 0.4) is 0 Å². The molecule has 5 nitrogen and oxygen atoms in total. The predicted octanol–water partition coefficient (Wildman–Crippen LogP) is 3.91. The Kier molecular flexibility index (Phi) is 6.54. The van der Waals surface area contributed by atoms with Gasteiger partial charge in [-0.2, -0.15) is 0 Å². The van der Waals surface area contributed by atoms with Crippen molar-refractivity contribution < 1.29 is 13.2 Å². The maximum absolute atomic E-state index is 12.6. The molecule has 1 amide bonds. The number of benzene rings is 2. The topological polar surface area (TPSA) is 66.5 Å². The summed E-state index contributed by atoms with van der Waals surface area (Å²) in [5, 5.41) is 3.34. The van der Waals surface area contributed by atoms with E-state index in [4.69, 9.17) is 11.6 Å². The molecule has 1 N–H and O–H groups in total. The van der Waals surface area contributed by atoms with E-state index in [1.165, 1.54) is 0 Å². The summed E-state index contributed by atoms with van der Waals surface area (Å²) in [4.78, 5) is 12.6. The second-order valence-electron chi connectivity index (χ2n) is 6.80. The van der Waals surface area contributed by atoms with Crippen LogP contribution in [-0.2, 0) is 14.8 Å². The zero-order valence-electron chi connectivity index (χ0n) is 16.2. The number of hydrogen-bond acceptors (Lipinski definition) is 3. The van der Waals surface area contributed by atoms with E-state index in [1.807, 2.05) is 39.0 Å². The van der Waals surface area contributed by atoms with Crippen LogP contribution in [0.5, 0.6) is 0 Å². The zero-order valence-corrected chi connectivity index (χ0v) is 17.8. The van der Waals surface area contributed by atoms with Crippen molar-refractivity contribution in [1.82, 2.24) is 5.32 Å². The van der Waals surface area contributed by atoms with Gasteiger partial charge in [0.2, 0.25) is 15.9 Å². The number of nitrogens with zero attached hydrogens (tertiary/aromatic N) is 1. The molecule has 2 rings (SSSR count). The van der Waals surface area contributed by atoms with Gasteiger partial charge in [0.15, 0.2) is 0 Å². The van der Waals surface area contributed by atoms with Crippen LogP contribution >= 0.6 is 11.6 Å². The Morgan fingerprint density at radius 3 is 2.48 bits per heavy atom. The minimum Gasteiger partial charge on any atom is -0.348 e. The number of anilines is 1. The number of hydrogen-bond donors (Lipinski definition) is 1. The molecule has 7 heteroatoms. The van der Waals surface area contributed by atoms with Crippen molar-refractivity contribution in [2.45, 2.75) is 33.7 Å². The minimum atomic E-state index is -3.65. The summed E-state index contributed by atoms with van der Waals surface area (Å²) in [6.07, 6.45) is 1.08. The normalized spacial score (nSPS) is 12.5. The molecule has 0 saturated heterocycles. The predicted molar refractivity (Wildman–Crippen MR) is 111 cm³/mol. The fourth-order valence-electron chi connectivity index (χ4n) is 2.97. The molecule has 0 unspecified atom stereocenters. The van der Waals surface area contributed by atoms with Gasteiger partial charge in [-0.1, -0.05) is 41.4 Å². The Hall–Kier alpha value is -2.05. The van der Waals surface area contributed by atoms with Crippen molar-refractivity contribution in [3.63, 3.8) is 0 Å². The minimum absolute atomic E-state index is 0.237. The van der Waals surface area contributed by atoms with Gasteiger partial charge < -0.3 is 5.32 Å². The Bertz CT molecular complexity index is 958. The third kappa shape index (κ3) is 5.23. The van der Waals surface area contributed by atoms with E-state index in [2.05, 4.69) is 5.32 Å². The van der Waals surface area contributed by atoms with Crippen molar-refractivity contribution in [2.75, 3.05) is 17.1 Å². The smallest absolute Gasteiger partial charge is 0.241 e. The fourth-order valence-corrected chi connectivity index (χ4v) is 4.05. The summed E-state index contributed by atoms with van der Waals surface area (Å²) in [6.45, 7) is 7.27. The summed E-state index contributed by atoms with van der Waals surface area (Å²) < 4.78 is 25.7. The van der Waals surface area contributed by atoms with Crippen LogP contribution < -0.4 is 9.62 Å². The van der Waals surface area contributed by atoms with Crippen LogP contribution in [-0.4, -0.2) is 27.1 Å². The third-order valence-electron chi connectivity index (χ3n) is 4.47. The Morgan fingerprint density at radius 2 is 1.85 bits per heavy atom. The van der Waals surface area contributed by atoms with Crippen LogP contribution in [0.15, 0.2) is 36.4 Å². The molecule has 2 aromatic carbocycles. The van der Waals surface area contributed by atoms with Gasteiger partial charge in [0, 0.05) is 5.02 Å². The van der Waals surface area contributed by atoms with Crippen LogP contribution in [0, 0.1) is 20.8 Å². The van der Waals surface area contributed by atoms with Crippen molar-refractivity contribution >= 4 is 33.2 Å². The summed E-state index contributed by atoms with van der Waals surface area (Å²) >= 11 is 6.12. The fraction of sp³-hybridized carbons (Fsp3) is 0.350. The second-order valence-corrected chi connectivity index (χ2v) is 9.12. The van der Waals surface area contributed by atoms with Gasteiger partial charge in [-0.25, -0.2) is 8.42 Å². The molecule has 0 aliphatic carbocycles. The van der Waals surface area contributed by atoms with Crippen LogP contribution in [0.2, 0.25) is 5.02 Å². The van der Waals surface area contributed by atoms with Crippen molar-refractivity contribution in [1.29, 1.82) is 0 Å². The number of nitrogens with one attached hydrogen (secondary N) is 1. The van der Waals surface area contributed by atoms with Crippen LogP contribution in [0.25, 0.3) is 0 Å². The molecular weight excluding hydrogens is 384 g/mol. The number of amides is 1. The van der Waals surface area contributed by atoms with Crippen molar-refractivity contribution in [3.05, 3.63) is 63.7 Å². The van der Waals surface area contributed by atoms with E-state index in [9.17, 15) is 13.2 Å². The van der Waals surface area contributed by atoms with E-state index in [-0.39, 0.29) is 18.5 Å². The first-order chi connectivity index (χ1) is 12.5. The standard InChI is InChI=1S/C20H25ClN2O3S/c1-13-9-10-14(2)17(11-13)16(4)22-20(24)12-23(27(5,25)26)19-8-6-7-18(21)15(19)3/h6-11,16H,12H2,1-5H3,(H,22,24)/t16-/m1/s1. The molecule has 27 heavy (non-hydrogen) atoms. The number of carbonyl (C=O) groups is 1. The van der Waals surface area contributed by atoms with Gasteiger partial charge in [0.05, 0.1) is 18.0 Å². The van der Waals surface area contributed by atoms with Crippen molar-refractivity contribution in [3.8, 4) is 0 Å². The molecule has 1 atom stereocenters. The van der Waals surface area contributed by atoms with Gasteiger partial charge >= 0.3 is 0 Å². The maximum Gasteiger partial charge on any atom is 0.241 e. The lowest BCUT2D eigenvalue weighted by Crippen LogP contribution is -2.41.